The molecule has 1 amide bonds. The number of benzene rings is 2. The SMILES string of the molecule is CN(C(=O)/C=C/c1cccc(O)c1)C1CCC2(O)CN(CC3CC3)CCC2(c2cccc(O)c2)C1. The maximum absolute atomic E-state index is 13.1. The standard InChI is InChI=1S/C29H36N2O4/c1-30(27(34)11-10-21-4-2-6-25(32)16-21)24-12-13-29(35)20-31(19-22-8-9-22)15-14-28(29,18-24)23-5-3-7-26(33)17-23/h2-7,10-11,16-17,22,24,32-33,35H,8-9,12-15,18-20H2,1H3/b11-10+. The first-order valence-electron chi connectivity index (χ1n) is 12.8. The van der Waals surface area contributed by atoms with Crippen molar-refractivity contribution in [3.05, 3.63) is 65.7 Å². The molecule has 35 heavy (non-hydrogen) atoms. The Morgan fingerprint density at radius 1 is 1.09 bits per heavy atom. The predicted octanol–water partition coefficient (Wildman–Crippen LogP) is 3.91. The van der Waals surface area contributed by atoms with Gasteiger partial charge >= 0.3 is 0 Å². The summed E-state index contributed by atoms with van der Waals surface area (Å²) in [5, 5.41) is 32.1. The first kappa shape index (κ1) is 23.9. The number of hydrogen-bond donors (Lipinski definition) is 3. The van der Waals surface area contributed by atoms with Crippen LogP contribution in [0.4, 0.5) is 0 Å². The van der Waals surface area contributed by atoms with Crippen LogP contribution in [0.25, 0.3) is 6.08 Å². The molecule has 6 heteroatoms. The largest absolute Gasteiger partial charge is 0.508 e. The molecule has 3 atom stereocenters. The van der Waals surface area contributed by atoms with Gasteiger partial charge < -0.3 is 25.1 Å². The number of piperidine rings is 1. The molecule has 6 nitrogen and oxygen atoms in total. The lowest BCUT2D eigenvalue weighted by atomic mass is 9.55. The lowest BCUT2D eigenvalue weighted by Gasteiger charge is -2.59. The van der Waals surface area contributed by atoms with Gasteiger partial charge in [0.25, 0.3) is 0 Å². The quantitative estimate of drug-likeness (QED) is 0.551. The van der Waals surface area contributed by atoms with E-state index in [0.717, 1.165) is 43.0 Å². The van der Waals surface area contributed by atoms with E-state index in [2.05, 4.69) is 4.90 Å². The summed E-state index contributed by atoms with van der Waals surface area (Å²) in [6.45, 7) is 2.61. The lowest BCUT2D eigenvalue weighted by molar-refractivity contribution is -0.144. The number of rotatable bonds is 6. The fraction of sp³-hybridized carbons (Fsp3) is 0.483. The monoisotopic (exact) mass is 476 g/mol. The number of aromatic hydroxyl groups is 2. The number of carbonyl (C=O) groups is 1. The van der Waals surface area contributed by atoms with Crippen molar-refractivity contribution in [2.45, 2.75) is 55.6 Å². The highest BCUT2D eigenvalue weighted by molar-refractivity contribution is 5.91. The van der Waals surface area contributed by atoms with E-state index in [1.165, 1.54) is 12.8 Å². The Morgan fingerprint density at radius 2 is 1.83 bits per heavy atom. The third-order valence-corrected chi connectivity index (χ3v) is 8.50. The molecular weight excluding hydrogens is 440 g/mol. The summed E-state index contributed by atoms with van der Waals surface area (Å²) in [5.74, 6) is 1.05. The lowest BCUT2D eigenvalue weighted by Crippen LogP contribution is -2.67. The summed E-state index contributed by atoms with van der Waals surface area (Å²) in [4.78, 5) is 17.3. The molecule has 2 aromatic rings. The Kier molecular flexibility index (Phi) is 6.36. The fourth-order valence-corrected chi connectivity index (χ4v) is 6.28. The summed E-state index contributed by atoms with van der Waals surface area (Å²) in [5.41, 5.74) is 0.320. The van der Waals surface area contributed by atoms with Crippen molar-refractivity contribution in [3.8, 4) is 11.5 Å². The molecular formula is C29H36N2O4. The third kappa shape index (κ3) is 4.82. The van der Waals surface area contributed by atoms with Crippen LogP contribution < -0.4 is 0 Å². The van der Waals surface area contributed by atoms with Gasteiger partial charge in [0, 0.05) is 37.7 Å². The zero-order chi connectivity index (χ0) is 24.6. The molecule has 5 rings (SSSR count). The van der Waals surface area contributed by atoms with Crippen LogP contribution in [0, 0.1) is 5.92 Å². The van der Waals surface area contributed by atoms with Gasteiger partial charge in [-0.3, -0.25) is 4.79 Å². The van der Waals surface area contributed by atoms with Crippen molar-refractivity contribution >= 4 is 12.0 Å². The van der Waals surface area contributed by atoms with Crippen molar-refractivity contribution in [2.75, 3.05) is 26.7 Å². The van der Waals surface area contributed by atoms with Gasteiger partial charge in [0.15, 0.2) is 0 Å². The minimum absolute atomic E-state index is 0.0195. The Morgan fingerprint density at radius 3 is 2.54 bits per heavy atom. The molecule has 3 fully saturated rings. The molecule has 3 aliphatic rings. The van der Waals surface area contributed by atoms with Gasteiger partial charge in [0.2, 0.25) is 5.91 Å². The van der Waals surface area contributed by atoms with Gasteiger partial charge in [0.05, 0.1) is 5.60 Å². The minimum Gasteiger partial charge on any atom is -0.508 e. The zero-order valence-corrected chi connectivity index (χ0v) is 20.4. The molecule has 0 spiro atoms. The molecule has 1 heterocycles. The van der Waals surface area contributed by atoms with Crippen molar-refractivity contribution < 1.29 is 20.1 Å². The van der Waals surface area contributed by atoms with E-state index in [1.54, 1.807) is 47.4 Å². The van der Waals surface area contributed by atoms with E-state index in [4.69, 9.17) is 0 Å². The van der Waals surface area contributed by atoms with Gasteiger partial charge in [-0.15, -0.1) is 0 Å². The Labute approximate surface area is 207 Å². The van der Waals surface area contributed by atoms with Crippen molar-refractivity contribution in [3.63, 3.8) is 0 Å². The minimum atomic E-state index is -0.897. The van der Waals surface area contributed by atoms with Crippen LogP contribution in [0.5, 0.6) is 11.5 Å². The van der Waals surface area contributed by atoms with Crippen LogP contribution in [0.1, 0.15) is 49.7 Å². The topological polar surface area (TPSA) is 84.2 Å². The average Bonchev–Trinajstić information content (AvgIpc) is 3.65. The Balaban J connectivity index is 1.38. The molecule has 2 saturated carbocycles. The van der Waals surface area contributed by atoms with Crippen molar-refractivity contribution in [1.29, 1.82) is 0 Å². The van der Waals surface area contributed by atoms with Gasteiger partial charge in [-0.1, -0.05) is 24.3 Å². The number of fused-ring (bicyclic) bond motifs is 1. The normalized spacial score (nSPS) is 29.1. The van der Waals surface area contributed by atoms with E-state index < -0.39 is 11.0 Å². The Hall–Kier alpha value is -2.83. The van der Waals surface area contributed by atoms with E-state index >= 15 is 0 Å². The van der Waals surface area contributed by atoms with Gasteiger partial charge in [-0.05, 0) is 92.5 Å². The molecule has 2 aliphatic carbocycles. The smallest absolute Gasteiger partial charge is 0.246 e. The summed E-state index contributed by atoms with van der Waals surface area (Å²) < 4.78 is 0. The molecule has 2 aromatic carbocycles. The fourth-order valence-electron chi connectivity index (χ4n) is 6.28. The van der Waals surface area contributed by atoms with E-state index in [-0.39, 0.29) is 23.4 Å². The van der Waals surface area contributed by atoms with Crippen LogP contribution in [0.15, 0.2) is 54.6 Å². The summed E-state index contributed by atoms with van der Waals surface area (Å²) in [6.07, 6.45) is 8.66. The maximum atomic E-state index is 13.1. The van der Waals surface area contributed by atoms with Gasteiger partial charge in [0.1, 0.15) is 11.5 Å². The van der Waals surface area contributed by atoms with Crippen LogP contribution in [0.2, 0.25) is 0 Å². The molecule has 186 valence electrons. The highest BCUT2D eigenvalue weighted by Crippen LogP contribution is 2.53. The van der Waals surface area contributed by atoms with Crippen molar-refractivity contribution in [1.82, 2.24) is 9.80 Å². The van der Waals surface area contributed by atoms with Gasteiger partial charge in [-0.25, -0.2) is 0 Å². The van der Waals surface area contributed by atoms with E-state index in [9.17, 15) is 20.1 Å². The summed E-state index contributed by atoms with van der Waals surface area (Å²) in [6, 6.07) is 14.1. The number of likely N-dealkylation sites (tertiary alicyclic amines) is 1. The predicted molar refractivity (Wildman–Crippen MR) is 136 cm³/mol. The number of phenols is 2. The molecule has 0 radical (unpaired) electrons. The number of phenolic OH excluding ortho intramolecular Hbond substituents is 2. The second kappa shape index (κ2) is 9.32. The number of nitrogens with zero attached hydrogens (tertiary/aromatic N) is 2. The second-order valence-electron chi connectivity index (χ2n) is 10.9. The summed E-state index contributed by atoms with van der Waals surface area (Å²) >= 11 is 0. The van der Waals surface area contributed by atoms with Crippen LogP contribution in [-0.2, 0) is 10.2 Å². The van der Waals surface area contributed by atoms with E-state index in [1.807, 2.05) is 25.2 Å². The Bertz CT molecular complexity index is 1110. The molecule has 3 N–H and O–H groups in total. The highest BCUT2D eigenvalue weighted by Gasteiger charge is 2.58. The highest BCUT2D eigenvalue weighted by atomic mass is 16.3. The van der Waals surface area contributed by atoms with Crippen LogP contribution in [-0.4, -0.2) is 69.4 Å². The molecule has 1 saturated heterocycles. The number of aliphatic hydroxyl groups is 1. The van der Waals surface area contributed by atoms with Gasteiger partial charge in [-0.2, -0.15) is 0 Å². The third-order valence-electron chi connectivity index (χ3n) is 8.50. The number of amides is 1. The average molecular weight is 477 g/mol. The van der Waals surface area contributed by atoms with Crippen molar-refractivity contribution in [2.24, 2.45) is 5.92 Å². The maximum Gasteiger partial charge on any atom is 0.246 e. The molecule has 1 aliphatic heterocycles. The number of carbonyl (C=O) groups excluding carboxylic acids is 1. The molecule has 0 aromatic heterocycles. The van der Waals surface area contributed by atoms with Crippen LogP contribution >= 0.6 is 0 Å². The van der Waals surface area contributed by atoms with E-state index in [0.29, 0.717) is 19.4 Å². The first-order valence-corrected chi connectivity index (χ1v) is 12.8. The zero-order valence-electron chi connectivity index (χ0n) is 20.4. The number of likely N-dealkylation sites (N-methyl/N-ethyl adjacent to an activating group) is 1. The number of β-amino-alcohol motifs (C(OH)–C–C–N with tert-alkyl or cyclic N) is 1. The van der Waals surface area contributed by atoms with Crippen LogP contribution in [0.3, 0.4) is 0 Å². The number of hydrogen-bond acceptors (Lipinski definition) is 5. The summed E-state index contributed by atoms with van der Waals surface area (Å²) in [7, 11) is 1.84. The first-order chi connectivity index (χ1) is 16.8. The molecule has 3 unspecified atom stereocenters. The molecule has 0 bridgehead atoms. The second-order valence-corrected chi connectivity index (χ2v) is 10.9.